The minimum absolute atomic E-state index is 0.310. The molecule has 2 aliphatic rings. The smallest absolute Gasteiger partial charge is 0.332 e. The summed E-state index contributed by atoms with van der Waals surface area (Å²) in [6.07, 6.45) is 5.92. The molecule has 1 aliphatic heterocycles. The fourth-order valence-corrected chi connectivity index (χ4v) is 3.83. The molecule has 24 heavy (non-hydrogen) atoms. The Morgan fingerprint density at radius 1 is 1.29 bits per heavy atom. The molecule has 1 atom stereocenters. The highest BCUT2D eigenvalue weighted by molar-refractivity contribution is 5.97. The number of fused-ring (bicyclic) bond motifs is 2. The standard InChI is InChI=1S/C16H19N5O3/c1-20-11-5-3-2-4-9(11)12(19-20)15(22)21-7-6-10-13(18-8-17-10)14(21)16(23)24/h8,14H,2-7H2,1H3,(H,17,18)(H,23,24)/t14-/m1/s1. The quantitative estimate of drug-likeness (QED) is 0.850. The molecular weight excluding hydrogens is 310 g/mol. The van der Waals surface area contributed by atoms with Crippen molar-refractivity contribution in [3.05, 3.63) is 34.7 Å². The molecule has 4 rings (SSSR count). The lowest BCUT2D eigenvalue weighted by molar-refractivity contribution is -0.143. The lowest BCUT2D eigenvalue weighted by Crippen LogP contribution is -2.44. The first-order chi connectivity index (χ1) is 11.6. The molecule has 0 saturated carbocycles. The first kappa shape index (κ1) is 14.9. The molecule has 2 aromatic heterocycles. The van der Waals surface area contributed by atoms with Gasteiger partial charge in [0.25, 0.3) is 5.91 Å². The maximum Gasteiger partial charge on any atom is 0.332 e. The van der Waals surface area contributed by atoms with Crippen LogP contribution < -0.4 is 0 Å². The molecule has 3 heterocycles. The van der Waals surface area contributed by atoms with Crippen LogP contribution in [-0.2, 0) is 31.1 Å². The van der Waals surface area contributed by atoms with Crippen LogP contribution in [0.25, 0.3) is 0 Å². The molecular formula is C16H19N5O3. The predicted molar refractivity (Wildman–Crippen MR) is 83.6 cm³/mol. The van der Waals surface area contributed by atoms with Crippen molar-refractivity contribution in [3.63, 3.8) is 0 Å². The van der Waals surface area contributed by atoms with Crippen LogP contribution in [0.4, 0.5) is 0 Å². The van der Waals surface area contributed by atoms with E-state index in [4.69, 9.17) is 0 Å². The van der Waals surface area contributed by atoms with Crippen LogP contribution in [0.15, 0.2) is 6.33 Å². The summed E-state index contributed by atoms with van der Waals surface area (Å²) in [6, 6.07) is -1.06. The van der Waals surface area contributed by atoms with Crippen molar-refractivity contribution < 1.29 is 14.7 Å². The van der Waals surface area contributed by atoms with Crippen LogP contribution in [0, 0.1) is 0 Å². The van der Waals surface area contributed by atoms with E-state index in [1.54, 1.807) is 4.68 Å². The van der Waals surface area contributed by atoms with Gasteiger partial charge in [-0.3, -0.25) is 9.48 Å². The molecule has 0 fully saturated rings. The van der Waals surface area contributed by atoms with Gasteiger partial charge in [0.1, 0.15) is 0 Å². The van der Waals surface area contributed by atoms with Gasteiger partial charge in [-0.15, -0.1) is 0 Å². The number of H-pyrrole nitrogens is 1. The fourth-order valence-electron chi connectivity index (χ4n) is 3.83. The Balaban J connectivity index is 1.73. The van der Waals surface area contributed by atoms with Gasteiger partial charge in [0.15, 0.2) is 11.7 Å². The number of hydrogen-bond acceptors (Lipinski definition) is 4. The number of aromatic amines is 1. The number of nitrogens with one attached hydrogen (secondary N) is 1. The summed E-state index contributed by atoms with van der Waals surface area (Å²) in [4.78, 5) is 33.3. The number of hydrogen-bond donors (Lipinski definition) is 2. The average Bonchev–Trinajstić information content (AvgIpc) is 3.18. The van der Waals surface area contributed by atoms with Crippen LogP contribution >= 0.6 is 0 Å². The number of aryl methyl sites for hydroxylation is 1. The molecule has 2 aromatic rings. The van der Waals surface area contributed by atoms with E-state index in [-0.39, 0.29) is 5.91 Å². The molecule has 0 radical (unpaired) electrons. The highest BCUT2D eigenvalue weighted by Crippen LogP contribution is 2.31. The number of carbonyl (C=O) groups excluding carboxylic acids is 1. The zero-order valence-corrected chi connectivity index (χ0v) is 13.4. The van der Waals surface area contributed by atoms with Crippen LogP contribution in [0.5, 0.6) is 0 Å². The molecule has 126 valence electrons. The predicted octanol–water partition coefficient (Wildman–Crippen LogP) is 0.846. The van der Waals surface area contributed by atoms with Crippen molar-refractivity contribution in [2.45, 2.75) is 38.1 Å². The van der Waals surface area contributed by atoms with Gasteiger partial charge in [0.05, 0.1) is 12.0 Å². The molecule has 8 heteroatoms. The van der Waals surface area contributed by atoms with Crippen LogP contribution in [0.1, 0.15) is 52.0 Å². The van der Waals surface area contributed by atoms with Crippen molar-refractivity contribution in [2.75, 3.05) is 6.54 Å². The maximum absolute atomic E-state index is 13.1. The normalized spacial score (nSPS) is 19.7. The third-order valence-electron chi connectivity index (χ3n) is 4.99. The molecule has 8 nitrogen and oxygen atoms in total. The SMILES string of the molecule is Cn1nc(C(=O)N2CCc3[nH]cnc3[C@@H]2C(=O)O)c2c1CCCC2. The van der Waals surface area contributed by atoms with Gasteiger partial charge in [0.2, 0.25) is 0 Å². The van der Waals surface area contributed by atoms with Crippen molar-refractivity contribution in [1.29, 1.82) is 0 Å². The number of imidazole rings is 1. The second-order valence-corrected chi connectivity index (χ2v) is 6.36. The summed E-state index contributed by atoms with van der Waals surface area (Å²) in [6.45, 7) is 0.344. The first-order valence-corrected chi connectivity index (χ1v) is 8.18. The largest absolute Gasteiger partial charge is 0.479 e. The molecule has 2 N–H and O–H groups in total. The third kappa shape index (κ3) is 2.13. The second-order valence-electron chi connectivity index (χ2n) is 6.36. The second kappa shape index (κ2) is 5.47. The van der Waals surface area contributed by atoms with E-state index in [1.165, 1.54) is 11.2 Å². The van der Waals surface area contributed by atoms with Gasteiger partial charge in [0, 0.05) is 37.0 Å². The Kier molecular flexibility index (Phi) is 3.40. The van der Waals surface area contributed by atoms with Crippen molar-refractivity contribution in [2.24, 2.45) is 7.05 Å². The number of rotatable bonds is 2. The molecule has 0 unspecified atom stereocenters. The Labute approximate surface area is 138 Å². The summed E-state index contributed by atoms with van der Waals surface area (Å²) < 4.78 is 1.77. The third-order valence-corrected chi connectivity index (χ3v) is 4.99. The van der Waals surface area contributed by atoms with Crippen LogP contribution in [0.3, 0.4) is 0 Å². The fraction of sp³-hybridized carbons (Fsp3) is 0.500. The summed E-state index contributed by atoms with van der Waals surface area (Å²) in [7, 11) is 1.84. The van der Waals surface area contributed by atoms with E-state index in [1.807, 2.05) is 7.05 Å². The van der Waals surface area contributed by atoms with Crippen molar-refractivity contribution >= 4 is 11.9 Å². The summed E-state index contributed by atoms with van der Waals surface area (Å²) in [5, 5.41) is 14.0. The molecule has 0 spiro atoms. The van der Waals surface area contributed by atoms with Gasteiger partial charge in [-0.2, -0.15) is 5.10 Å². The maximum atomic E-state index is 13.1. The van der Waals surface area contributed by atoms with Gasteiger partial charge >= 0.3 is 5.97 Å². The van der Waals surface area contributed by atoms with Crippen LogP contribution in [-0.4, -0.2) is 48.2 Å². The van der Waals surface area contributed by atoms with Gasteiger partial charge in [-0.05, 0) is 25.7 Å². The highest BCUT2D eigenvalue weighted by atomic mass is 16.4. The zero-order chi connectivity index (χ0) is 16.8. The average molecular weight is 329 g/mol. The van der Waals surface area contributed by atoms with Gasteiger partial charge in [-0.1, -0.05) is 0 Å². The van der Waals surface area contributed by atoms with Crippen molar-refractivity contribution in [3.8, 4) is 0 Å². The number of carboxylic acid groups (broad SMARTS) is 1. The summed E-state index contributed by atoms with van der Waals surface area (Å²) >= 11 is 0. The van der Waals surface area contributed by atoms with Gasteiger partial charge < -0.3 is 15.0 Å². The molecule has 0 bridgehead atoms. The van der Waals surface area contributed by atoms with Crippen LogP contribution in [0.2, 0.25) is 0 Å². The molecule has 0 saturated heterocycles. The monoisotopic (exact) mass is 329 g/mol. The Morgan fingerprint density at radius 2 is 2.08 bits per heavy atom. The number of nitrogens with zero attached hydrogens (tertiary/aromatic N) is 4. The topological polar surface area (TPSA) is 104 Å². The Hall–Kier alpha value is -2.64. The number of carboxylic acids is 1. The highest BCUT2D eigenvalue weighted by Gasteiger charge is 2.40. The minimum Gasteiger partial charge on any atom is -0.479 e. The lowest BCUT2D eigenvalue weighted by Gasteiger charge is -2.32. The minimum atomic E-state index is -1.07. The zero-order valence-electron chi connectivity index (χ0n) is 13.4. The molecule has 1 aliphatic carbocycles. The number of aromatic nitrogens is 4. The molecule has 1 amide bonds. The molecule has 0 aromatic carbocycles. The Bertz CT molecular complexity index is 822. The summed E-state index contributed by atoms with van der Waals surface area (Å²) in [5.41, 5.74) is 3.68. The Morgan fingerprint density at radius 3 is 2.88 bits per heavy atom. The van der Waals surface area contributed by atoms with E-state index in [0.717, 1.165) is 42.6 Å². The van der Waals surface area contributed by atoms with E-state index in [0.29, 0.717) is 24.4 Å². The number of aliphatic carboxylic acids is 1. The lowest BCUT2D eigenvalue weighted by atomic mass is 9.94. The number of amides is 1. The first-order valence-electron chi connectivity index (χ1n) is 8.18. The van der Waals surface area contributed by atoms with Crippen molar-refractivity contribution in [1.82, 2.24) is 24.6 Å². The number of carbonyl (C=O) groups is 2. The van der Waals surface area contributed by atoms with E-state index in [2.05, 4.69) is 15.1 Å². The van der Waals surface area contributed by atoms with E-state index >= 15 is 0 Å². The summed E-state index contributed by atoms with van der Waals surface area (Å²) in [5.74, 6) is -1.38. The van der Waals surface area contributed by atoms with Gasteiger partial charge in [-0.25, -0.2) is 9.78 Å². The van der Waals surface area contributed by atoms with E-state index < -0.39 is 12.0 Å². The van der Waals surface area contributed by atoms with E-state index in [9.17, 15) is 14.7 Å².